The van der Waals surface area contributed by atoms with Crippen LogP contribution in [-0.4, -0.2) is 13.3 Å². The van der Waals surface area contributed by atoms with Crippen LogP contribution in [0, 0.1) is 0 Å². The van der Waals surface area contributed by atoms with E-state index in [-0.39, 0.29) is 6.61 Å². The molecule has 1 nitrogen and oxygen atoms in total. The molecule has 0 heterocycles. The van der Waals surface area contributed by atoms with Crippen LogP contribution in [0.5, 0.6) is 0 Å². The van der Waals surface area contributed by atoms with Gasteiger partial charge in [0, 0.05) is 11.7 Å². The summed E-state index contributed by atoms with van der Waals surface area (Å²) in [7, 11) is 0. The molecule has 0 amide bonds. The van der Waals surface area contributed by atoms with Crippen molar-refractivity contribution in [3.8, 4) is 0 Å². The summed E-state index contributed by atoms with van der Waals surface area (Å²) < 4.78 is 4.95. The maximum atomic E-state index is 5.58. The van der Waals surface area contributed by atoms with Crippen LogP contribution in [0.3, 0.4) is 0 Å². The van der Waals surface area contributed by atoms with E-state index in [2.05, 4.69) is 6.58 Å². The van der Waals surface area contributed by atoms with Gasteiger partial charge in [-0.15, -0.1) is 0 Å². The second-order valence-corrected chi connectivity index (χ2v) is 8.45. The van der Waals surface area contributed by atoms with Crippen molar-refractivity contribution in [2.45, 2.75) is 0 Å². The SMILES string of the molecule is C=C(Cl)COP(C)(=S)Cl. The van der Waals surface area contributed by atoms with E-state index in [0.717, 1.165) is 0 Å². The molecule has 0 fully saturated rings. The fourth-order valence-corrected chi connectivity index (χ4v) is 1.01. The molecule has 0 rings (SSSR count). The molecule has 54 valence electrons. The Labute approximate surface area is 69.9 Å². The van der Waals surface area contributed by atoms with Crippen molar-refractivity contribution in [2.75, 3.05) is 13.3 Å². The van der Waals surface area contributed by atoms with Crippen LogP contribution < -0.4 is 0 Å². The monoisotopic (exact) mass is 204 g/mol. The molecular formula is C4H7Cl2OPS. The third-order valence-corrected chi connectivity index (χ3v) is 1.76. The van der Waals surface area contributed by atoms with Gasteiger partial charge in [-0.1, -0.05) is 41.2 Å². The molecular weight excluding hydrogens is 198 g/mol. The second kappa shape index (κ2) is 3.95. The summed E-state index contributed by atoms with van der Waals surface area (Å²) in [4.78, 5) is 0. The Hall–Kier alpha value is 0.930. The van der Waals surface area contributed by atoms with Gasteiger partial charge in [0.15, 0.2) is 0 Å². The van der Waals surface area contributed by atoms with E-state index in [0.29, 0.717) is 5.03 Å². The van der Waals surface area contributed by atoms with Gasteiger partial charge in [-0.05, 0) is 0 Å². The number of rotatable bonds is 3. The predicted molar refractivity (Wildman–Crippen MR) is 47.0 cm³/mol. The van der Waals surface area contributed by atoms with Gasteiger partial charge in [-0.2, -0.15) is 0 Å². The zero-order valence-corrected chi connectivity index (χ0v) is 8.16. The minimum absolute atomic E-state index is 0.249. The van der Waals surface area contributed by atoms with Crippen molar-refractivity contribution in [1.82, 2.24) is 0 Å². The lowest BCUT2D eigenvalue weighted by Gasteiger charge is -2.06. The van der Waals surface area contributed by atoms with E-state index in [9.17, 15) is 0 Å². The Morgan fingerprint density at radius 3 is 2.44 bits per heavy atom. The highest BCUT2D eigenvalue weighted by Crippen LogP contribution is 2.48. The molecule has 1 atom stereocenters. The van der Waals surface area contributed by atoms with Gasteiger partial charge in [-0.25, -0.2) is 0 Å². The first-order valence-electron chi connectivity index (χ1n) is 2.17. The lowest BCUT2D eigenvalue weighted by molar-refractivity contribution is 0.409. The molecule has 5 heteroatoms. The average Bonchev–Trinajstić information content (AvgIpc) is 1.59. The molecule has 0 spiro atoms. The predicted octanol–water partition coefficient (Wildman–Crippen LogP) is 2.93. The molecule has 0 saturated heterocycles. The molecule has 0 aliphatic rings. The van der Waals surface area contributed by atoms with Crippen LogP contribution in [0.25, 0.3) is 0 Å². The Morgan fingerprint density at radius 2 is 2.33 bits per heavy atom. The van der Waals surface area contributed by atoms with Crippen molar-refractivity contribution >= 4 is 40.3 Å². The van der Waals surface area contributed by atoms with Crippen molar-refractivity contribution in [1.29, 1.82) is 0 Å². The van der Waals surface area contributed by atoms with Crippen LogP contribution in [0.2, 0.25) is 0 Å². The van der Waals surface area contributed by atoms with E-state index in [1.165, 1.54) is 0 Å². The van der Waals surface area contributed by atoms with Crippen LogP contribution in [0.4, 0.5) is 0 Å². The van der Waals surface area contributed by atoms with Crippen molar-refractivity contribution < 1.29 is 4.52 Å². The van der Waals surface area contributed by atoms with E-state index in [4.69, 9.17) is 39.2 Å². The summed E-state index contributed by atoms with van der Waals surface area (Å²) in [5, 5.41) is 0.423. The summed E-state index contributed by atoms with van der Waals surface area (Å²) in [5.74, 6) is 0. The quantitative estimate of drug-likeness (QED) is 0.655. The molecule has 0 aromatic rings. The molecule has 0 radical (unpaired) electrons. The van der Waals surface area contributed by atoms with E-state index in [1.54, 1.807) is 6.66 Å². The number of halogens is 2. The molecule has 0 aliphatic heterocycles. The summed E-state index contributed by atoms with van der Waals surface area (Å²) >= 11 is 15.7. The third-order valence-electron chi connectivity index (χ3n) is 0.452. The van der Waals surface area contributed by atoms with Crippen molar-refractivity contribution in [2.24, 2.45) is 0 Å². The van der Waals surface area contributed by atoms with Gasteiger partial charge in [0.1, 0.15) is 5.62 Å². The zero-order valence-electron chi connectivity index (χ0n) is 4.93. The van der Waals surface area contributed by atoms with Gasteiger partial charge in [-0.3, -0.25) is 0 Å². The highest BCUT2D eigenvalue weighted by Gasteiger charge is 2.03. The van der Waals surface area contributed by atoms with Crippen LogP contribution >= 0.6 is 28.5 Å². The first-order valence-corrected chi connectivity index (χ1v) is 6.62. The minimum atomic E-state index is -2.06. The smallest absolute Gasteiger partial charge is 0.148 e. The third kappa shape index (κ3) is 8.93. The topological polar surface area (TPSA) is 9.23 Å². The summed E-state index contributed by atoms with van der Waals surface area (Å²) in [5.41, 5.74) is -2.06. The van der Waals surface area contributed by atoms with E-state index in [1.807, 2.05) is 0 Å². The fourth-order valence-electron chi connectivity index (χ4n) is 0.185. The zero-order chi connectivity index (χ0) is 7.49. The van der Waals surface area contributed by atoms with E-state index < -0.39 is 5.62 Å². The molecule has 0 N–H and O–H groups in total. The van der Waals surface area contributed by atoms with Crippen molar-refractivity contribution in [3.05, 3.63) is 11.6 Å². The largest absolute Gasteiger partial charge is 0.332 e. The molecule has 0 saturated carbocycles. The summed E-state index contributed by atoms with van der Waals surface area (Å²) in [6.45, 7) is 5.33. The fraction of sp³-hybridized carbons (Fsp3) is 0.500. The second-order valence-electron chi connectivity index (χ2n) is 1.54. The molecule has 0 aliphatic carbocycles. The highest BCUT2D eigenvalue weighted by atomic mass is 35.7. The van der Waals surface area contributed by atoms with Gasteiger partial charge < -0.3 is 4.52 Å². The molecule has 1 unspecified atom stereocenters. The number of hydrogen-bond donors (Lipinski definition) is 0. The molecule has 0 aromatic carbocycles. The van der Waals surface area contributed by atoms with Crippen molar-refractivity contribution in [3.63, 3.8) is 0 Å². The maximum absolute atomic E-state index is 5.58. The Balaban J connectivity index is 3.53. The highest BCUT2D eigenvalue weighted by molar-refractivity contribution is 8.24. The van der Waals surface area contributed by atoms with Gasteiger partial charge in [0.05, 0.1) is 6.61 Å². The molecule has 9 heavy (non-hydrogen) atoms. The van der Waals surface area contributed by atoms with Crippen LogP contribution in [0.1, 0.15) is 0 Å². The summed E-state index contributed by atoms with van der Waals surface area (Å²) in [6, 6.07) is 0. The average molecular weight is 205 g/mol. The van der Waals surface area contributed by atoms with Crippen LogP contribution in [-0.2, 0) is 16.3 Å². The first kappa shape index (κ1) is 9.93. The summed E-state index contributed by atoms with van der Waals surface area (Å²) in [6.07, 6.45) is 0. The molecule has 0 bridgehead atoms. The first-order chi connectivity index (χ1) is 3.92. The minimum Gasteiger partial charge on any atom is -0.332 e. The number of hydrogen-bond acceptors (Lipinski definition) is 2. The lowest BCUT2D eigenvalue weighted by Crippen LogP contribution is -1.85. The molecule has 0 aromatic heterocycles. The van der Waals surface area contributed by atoms with Gasteiger partial charge >= 0.3 is 0 Å². The van der Waals surface area contributed by atoms with Gasteiger partial charge in [0.2, 0.25) is 0 Å². The standard InChI is InChI=1S/C4H7Cl2OPS/c1-4(5)3-7-8(2,6)9/h1,3H2,2H3. The lowest BCUT2D eigenvalue weighted by atomic mass is 10.7. The Bertz CT molecular complexity index is 153. The van der Waals surface area contributed by atoms with Crippen LogP contribution in [0.15, 0.2) is 11.6 Å². The Kier molecular flexibility index (Phi) is 4.35. The van der Waals surface area contributed by atoms with E-state index >= 15 is 0 Å². The normalized spacial score (nSPS) is 16.8. The maximum Gasteiger partial charge on any atom is 0.148 e. The Morgan fingerprint density at radius 1 is 1.89 bits per heavy atom. The van der Waals surface area contributed by atoms with Gasteiger partial charge in [0.25, 0.3) is 0 Å².